The second-order valence-electron chi connectivity index (χ2n) is 8.18. The first kappa shape index (κ1) is 19.2. The summed E-state index contributed by atoms with van der Waals surface area (Å²) in [6, 6.07) is 6.26. The number of hydrogen-bond donors (Lipinski definition) is 2. The Balaban J connectivity index is 2.00. The first-order valence-corrected chi connectivity index (χ1v) is 9.18. The van der Waals surface area contributed by atoms with E-state index < -0.39 is 17.7 Å². The molecule has 144 valence electrons. The van der Waals surface area contributed by atoms with Crippen molar-refractivity contribution in [3.63, 3.8) is 0 Å². The molecule has 1 aliphatic carbocycles. The molecule has 3 rings (SSSR count). The van der Waals surface area contributed by atoms with E-state index in [2.05, 4.69) is 5.32 Å². The van der Waals surface area contributed by atoms with E-state index in [4.69, 9.17) is 4.74 Å². The van der Waals surface area contributed by atoms with Crippen molar-refractivity contribution in [3.05, 3.63) is 52.3 Å². The minimum absolute atomic E-state index is 0.219. The fourth-order valence-electron chi connectivity index (χ4n) is 3.91. The molecule has 0 fully saturated rings. The molecular formula is C22H26FNO3. The van der Waals surface area contributed by atoms with Crippen LogP contribution in [0.3, 0.4) is 0 Å². The predicted octanol–water partition coefficient (Wildman–Crippen LogP) is 5.33. The zero-order valence-electron chi connectivity index (χ0n) is 16.4. The summed E-state index contributed by atoms with van der Waals surface area (Å²) < 4.78 is 20.0. The summed E-state index contributed by atoms with van der Waals surface area (Å²) in [5.41, 5.74) is 4.66. The van der Waals surface area contributed by atoms with Gasteiger partial charge in [0.05, 0.1) is 6.04 Å². The van der Waals surface area contributed by atoms with Gasteiger partial charge in [-0.3, -0.25) is 0 Å². The van der Waals surface area contributed by atoms with Crippen molar-refractivity contribution in [3.8, 4) is 16.9 Å². The van der Waals surface area contributed by atoms with Gasteiger partial charge in [-0.1, -0.05) is 6.07 Å². The van der Waals surface area contributed by atoms with Crippen LogP contribution < -0.4 is 5.32 Å². The minimum Gasteiger partial charge on any atom is -0.508 e. The number of ether oxygens (including phenoxy) is 1. The van der Waals surface area contributed by atoms with Crippen molar-refractivity contribution in [1.82, 2.24) is 5.32 Å². The van der Waals surface area contributed by atoms with Gasteiger partial charge in [-0.2, -0.15) is 0 Å². The molecule has 5 heteroatoms. The van der Waals surface area contributed by atoms with E-state index in [-0.39, 0.29) is 11.6 Å². The maximum Gasteiger partial charge on any atom is 0.408 e. The number of benzene rings is 2. The zero-order chi connectivity index (χ0) is 19.9. The Hall–Kier alpha value is -2.56. The lowest BCUT2D eigenvalue weighted by Gasteiger charge is -2.22. The molecule has 0 aromatic heterocycles. The molecule has 0 saturated carbocycles. The number of phenolic OH excluding ortho intramolecular Hbond substituents is 1. The van der Waals surface area contributed by atoms with Gasteiger partial charge in [-0.25, -0.2) is 9.18 Å². The Morgan fingerprint density at radius 3 is 2.44 bits per heavy atom. The van der Waals surface area contributed by atoms with Crippen molar-refractivity contribution in [2.75, 3.05) is 0 Å². The first-order valence-electron chi connectivity index (χ1n) is 9.18. The normalized spacial score (nSPS) is 16.1. The van der Waals surface area contributed by atoms with Crippen LogP contribution in [0.15, 0.2) is 24.3 Å². The molecule has 0 unspecified atom stereocenters. The third-order valence-electron chi connectivity index (χ3n) is 4.81. The van der Waals surface area contributed by atoms with Crippen LogP contribution in [-0.2, 0) is 11.2 Å². The Labute approximate surface area is 159 Å². The molecular weight excluding hydrogens is 345 g/mol. The zero-order valence-corrected chi connectivity index (χ0v) is 16.4. The predicted molar refractivity (Wildman–Crippen MR) is 103 cm³/mol. The molecule has 0 aliphatic heterocycles. The molecule has 1 atom stereocenters. The fourth-order valence-corrected chi connectivity index (χ4v) is 3.91. The van der Waals surface area contributed by atoms with E-state index >= 15 is 0 Å². The number of fused-ring (bicyclic) bond motifs is 1. The molecule has 0 radical (unpaired) electrons. The van der Waals surface area contributed by atoms with Crippen LogP contribution in [-0.4, -0.2) is 16.8 Å². The molecule has 2 aromatic carbocycles. The van der Waals surface area contributed by atoms with Crippen molar-refractivity contribution in [2.45, 2.75) is 59.1 Å². The van der Waals surface area contributed by atoms with Gasteiger partial charge in [0.25, 0.3) is 0 Å². The highest BCUT2D eigenvalue weighted by Crippen LogP contribution is 2.42. The minimum atomic E-state index is -0.605. The van der Waals surface area contributed by atoms with Crippen LogP contribution in [0.1, 0.15) is 55.5 Å². The number of aryl methyl sites for hydroxylation is 2. The van der Waals surface area contributed by atoms with Crippen molar-refractivity contribution >= 4 is 6.09 Å². The van der Waals surface area contributed by atoms with Crippen LogP contribution >= 0.6 is 0 Å². The van der Waals surface area contributed by atoms with Gasteiger partial charge in [-0.15, -0.1) is 0 Å². The van der Waals surface area contributed by atoms with Crippen LogP contribution in [0.2, 0.25) is 0 Å². The highest BCUT2D eigenvalue weighted by Gasteiger charge is 2.31. The molecule has 2 aromatic rings. The number of halogens is 1. The lowest BCUT2D eigenvalue weighted by atomic mass is 9.90. The monoisotopic (exact) mass is 371 g/mol. The number of carbonyl (C=O) groups excluding carboxylic acids is 1. The number of amides is 1. The summed E-state index contributed by atoms with van der Waals surface area (Å²) in [6.07, 6.45) is 0.753. The van der Waals surface area contributed by atoms with Gasteiger partial charge in [0.2, 0.25) is 0 Å². The van der Waals surface area contributed by atoms with Crippen molar-refractivity contribution < 1.29 is 19.0 Å². The summed E-state index contributed by atoms with van der Waals surface area (Å²) in [7, 11) is 0. The lowest BCUT2D eigenvalue weighted by molar-refractivity contribution is 0.0503. The SMILES string of the molecule is Cc1cc(O)cc(C)c1-c1ccc(F)c2c1CC[C@H]2NC(=O)OC(C)(C)C. The molecule has 1 amide bonds. The number of nitrogens with one attached hydrogen (secondary N) is 1. The first-order chi connectivity index (χ1) is 12.6. The molecule has 0 spiro atoms. The lowest BCUT2D eigenvalue weighted by Crippen LogP contribution is -2.34. The van der Waals surface area contributed by atoms with Gasteiger partial charge in [0.15, 0.2) is 0 Å². The number of carbonyl (C=O) groups is 1. The van der Waals surface area contributed by atoms with E-state index in [1.165, 1.54) is 6.07 Å². The van der Waals surface area contributed by atoms with E-state index in [1.807, 2.05) is 13.8 Å². The van der Waals surface area contributed by atoms with Crippen LogP contribution in [0.4, 0.5) is 9.18 Å². The van der Waals surface area contributed by atoms with E-state index in [9.17, 15) is 14.3 Å². The fraction of sp³-hybridized carbons (Fsp3) is 0.409. The average molecular weight is 371 g/mol. The molecule has 4 nitrogen and oxygen atoms in total. The van der Waals surface area contributed by atoms with Gasteiger partial charge >= 0.3 is 6.09 Å². The number of rotatable bonds is 2. The maximum atomic E-state index is 14.7. The van der Waals surface area contributed by atoms with E-state index in [0.717, 1.165) is 27.8 Å². The molecule has 0 saturated heterocycles. The Kier molecular flexibility index (Phi) is 4.89. The summed E-state index contributed by atoms with van der Waals surface area (Å²) in [4.78, 5) is 12.2. The Morgan fingerprint density at radius 2 is 1.85 bits per heavy atom. The van der Waals surface area contributed by atoms with Crippen molar-refractivity contribution in [2.24, 2.45) is 0 Å². The smallest absolute Gasteiger partial charge is 0.408 e. The Bertz CT molecular complexity index is 876. The number of hydrogen-bond acceptors (Lipinski definition) is 3. The molecule has 1 aliphatic rings. The summed E-state index contributed by atoms with van der Waals surface area (Å²) in [5, 5.41) is 12.6. The highest BCUT2D eigenvalue weighted by atomic mass is 19.1. The van der Waals surface area contributed by atoms with E-state index in [1.54, 1.807) is 39.0 Å². The molecule has 0 heterocycles. The maximum absolute atomic E-state index is 14.7. The largest absolute Gasteiger partial charge is 0.508 e. The highest BCUT2D eigenvalue weighted by molar-refractivity contribution is 5.77. The average Bonchev–Trinajstić information content (AvgIpc) is 2.91. The van der Waals surface area contributed by atoms with Gasteiger partial charge in [0.1, 0.15) is 17.2 Å². The molecule has 27 heavy (non-hydrogen) atoms. The van der Waals surface area contributed by atoms with Crippen LogP contribution in [0.25, 0.3) is 11.1 Å². The van der Waals surface area contributed by atoms with E-state index in [0.29, 0.717) is 18.4 Å². The van der Waals surface area contributed by atoms with Crippen LogP contribution in [0.5, 0.6) is 5.75 Å². The summed E-state index contributed by atoms with van der Waals surface area (Å²) in [5.74, 6) is -0.0987. The number of phenols is 1. The summed E-state index contributed by atoms with van der Waals surface area (Å²) in [6.45, 7) is 9.26. The van der Waals surface area contributed by atoms with Crippen molar-refractivity contribution in [1.29, 1.82) is 0 Å². The second-order valence-corrected chi connectivity index (χ2v) is 8.18. The standard InChI is InChI=1S/C22H26FNO3/c1-12-10-14(25)11-13(2)19(12)15-6-8-17(23)20-16(15)7-9-18(20)24-21(26)27-22(3,4)5/h6,8,10-11,18,25H,7,9H2,1-5H3,(H,24,26)/t18-/m1/s1. The second kappa shape index (κ2) is 6.87. The van der Waals surface area contributed by atoms with Crippen LogP contribution in [0, 0.1) is 19.7 Å². The number of aromatic hydroxyl groups is 1. The third-order valence-corrected chi connectivity index (χ3v) is 4.81. The number of alkyl carbamates (subject to hydrolysis) is 1. The topological polar surface area (TPSA) is 58.6 Å². The van der Waals surface area contributed by atoms with Gasteiger partial charge in [-0.05, 0) is 93.5 Å². The summed E-state index contributed by atoms with van der Waals surface area (Å²) >= 11 is 0. The Morgan fingerprint density at radius 1 is 1.22 bits per heavy atom. The molecule has 0 bridgehead atoms. The van der Waals surface area contributed by atoms with Gasteiger partial charge in [0, 0.05) is 5.56 Å². The van der Waals surface area contributed by atoms with Gasteiger partial charge < -0.3 is 15.2 Å². The third kappa shape index (κ3) is 3.92. The quantitative estimate of drug-likeness (QED) is 0.750. The molecule has 2 N–H and O–H groups in total.